The van der Waals surface area contributed by atoms with Gasteiger partial charge in [0.15, 0.2) is 0 Å². The zero-order valence-corrected chi connectivity index (χ0v) is 8.37. The molecule has 1 aromatic heterocycles. The molecule has 3 heteroatoms. The topological polar surface area (TPSA) is 38.9 Å². The molecule has 2 rings (SSSR count). The fourth-order valence-electron chi connectivity index (χ4n) is 1.48. The number of halogens is 1. The van der Waals surface area contributed by atoms with Gasteiger partial charge in [0.2, 0.25) is 0 Å². The van der Waals surface area contributed by atoms with Crippen LogP contribution in [0.5, 0.6) is 0 Å². The fraction of sp³-hybridized carbons (Fsp3) is 0.0833. The lowest BCUT2D eigenvalue weighted by Crippen LogP contribution is -1.90. The summed E-state index contributed by atoms with van der Waals surface area (Å²) in [7, 11) is 0. The molecule has 0 unspecified atom stereocenters. The molecule has 0 spiro atoms. The average molecular weight is 202 g/mol. The molecule has 1 heterocycles. The van der Waals surface area contributed by atoms with E-state index in [-0.39, 0.29) is 5.82 Å². The Morgan fingerprint density at radius 3 is 2.60 bits per heavy atom. The minimum absolute atomic E-state index is 0.230. The third-order valence-corrected chi connectivity index (χ3v) is 2.25. The van der Waals surface area contributed by atoms with E-state index in [9.17, 15) is 4.39 Å². The highest BCUT2D eigenvalue weighted by Crippen LogP contribution is 2.22. The number of hydrogen-bond donors (Lipinski definition) is 1. The van der Waals surface area contributed by atoms with E-state index >= 15 is 0 Å². The Morgan fingerprint density at radius 1 is 1.20 bits per heavy atom. The van der Waals surface area contributed by atoms with E-state index in [2.05, 4.69) is 4.98 Å². The van der Waals surface area contributed by atoms with Gasteiger partial charge in [-0.3, -0.25) is 4.98 Å². The summed E-state index contributed by atoms with van der Waals surface area (Å²) in [5, 5.41) is 0. The summed E-state index contributed by atoms with van der Waals surface area (Å²) in [6, 6.07) is 8.26. The maximum absolute atomic E-state index is 12.9. The van der Waals surface area contributed by atoms with Crippen LogP contribution in [0, 0.1) is 12.7 Å². The summed E-state index contributed by atoms with van der Waals surface area (Å²) in [4.78, 5) is 4.19. The molecular weight excluding hydrogens is 191 g/mol. The third kappa shape index (κ3) is 1.96. The lowest BCUT2D eigenvalue weighted by atomic mass is 10.1. The zero-order chi connectivity index (χ0) is 10.8. The summed E-state index contributed by atoms with van der Waals surface area (Å²) in [6.45, 7) is 1.86. The van der Waals surface area contributed by atoms with Crippen molar-refractivity contribution in [1.82, 2.24) is 4.98 Å². The highest BCUT2D eigenvalue weighted by molar-refractivity contribution is 5.64. The first-order chi connectivity index (χ1) is 7.16. The molecule has 0 radical (unpaired) electrons. The maximum atomic E-state index is 12.9. The van der Waals surface area contributed by atoms with Crippen LogP contribution in [-0.4, -0.2) is 4.98 Å². The molecule has 0 saturated heterocycles. The van der Waals surface area contributed by atoms with Gasteiger partial charge in [-0.1, -0.05) is 0 Å². The minimum atomic E-state index is -0.230. The zero-order valence-electron chi connectivity index (χ0n) is 8.37. The number of benzene rings is 1. The summed E-state index contributed by atoms with van der Waals surface area (Å²) < 4.78 is 12.9. The maximum Gasteiger partial charge on any atom is 0.123 e. The van der Waals surface area contributed by atoms with E-state index in [0.717, 1.165) is 16.8 Å². The van der Waals surface area contributed by atoms with E-state index in [1.165, 1.54) is 12.1 Å². The molecule has 0 saturated carbocycles. The van der Waals surface area contributed by atoms with E-state index in [0.29, 0.717) is 5.69 Å². The molecule has 0 bridgehead atoms. The molecule has 1 aromatic carbocycles. The van der Waals surface area contributed by atoms with Gasteiger partial charge in [0.05, 0.1) is 17.6 Å². The van der Waals surface area contributed by atoms with Gasteiger partial charge in [0.25, 0.3) is 0 Å². The van der Waals surface area contributed by atoms with E-state index in [4.69, 9.17) is 5.73 Å². The normalized spacial score (nSPS) is 10.3. The quantitative estimate of drug-likeness (QED) is 0.772. The standard InChI is InChI=1S/C12H11FN2/c1-8-6-9(13)2-4-11(8)12-5-3-10(14)7-15-12/h2-7H,14H2,1H3. The van der Waals surface area contributed by atoms with Crippen LogP contribution in [0.1, 0.15) is 5.56 Å². The molecular formula is C12H11FN2. The highest BCUT2D eigenvalue weighted by atomic mass is 19.1. The molecule has 2 N–H and O–H groups in total. The van der Waals surface area contributed by atoms with Crippen LogP contribution in [0.3, 0.4) is 0 Å². The van der Waals surface area contributed by atoms with Gasteiger partial charge in [0, 0.05) is 5.56 Å². The average Bonchev–Trinajstić information content (AvgIpc) is 2.20. The second-order valence-electron chi connectivity index (χ2n) is 3.44. The molecule has 0 aliphatic rings. The third-order valence-electron chi connectivity index (χ3n) is 2.25. The molecule has 0 fully saturated rings. The summed E-state index contributed by atoms with van der Waals surface area (Å²) in [6.07, 6.45) is 1.60. The number of pyridine rings is 1. The lowest BCUT2D eigenvalue weighted by Gasteiger charge is -2.05. The van der Waals surface area contributed by atoms with Gasteiger partial charge in [-0.2, -0.15) is 0 Å². The first-order valence-corrected chi connectivity index (χ1v) is 4.65. The van der Waals surface area contributed by atoms with Crippen molar-refractivity contribution in [2.24, 2.45) is 0 Å². The Labute approximate surface area is 87.6 Å². The van der Waals surface area contributed by atoms with Crippen molar-refractivity contribution in [3.8, 4) is 11.3 Å². The number of nitrogens with zero attached hydrogens (tertiary/aromatic N) is 1. The van der Waals surface area contributed by atoms with Crippen molar-refractivity contribution in [2.75, 3.05) is 5.73 Å². The number of rotatable bonds is 1. The van der Waals surface area contributed by atoms with Crippen LogP contribution in [0.4, 0.5) is 10.1 Å². The lowest BCUT2D eigenvalue weighted by molar-refractivity contribution is 0.627. The Balaban J connectivity index is 2.49. The van der Waals surface area contributed by atoms with Crippen molar-refractivity contribution in [2.45, 2.75) is 6.92 Å². The van der Waals surface area contributed by atoms with Crippen molar-refractivity contribution in [1.29, 1.82) is 0 Å². The number of aryl methyl sites for hydroxylation is 1. The first-order valence-electron chi connectivity index (χ1n) is 4.65. The highest BCUT2D eigenvalue weighted by Gasteiger charge is 2.03. The van der Waals surface area contributed by atoms with E-state index < -0.39 is 0 Å². The van der Waals surface area contributed by atoms with E-state index in [1.807, 2.05) is 13.0 Å². The smallest absolute Gasteiger partial charge is 0.123 e. The molecule has 2 aromatic rings. The molecule has 15 heavy (non-hydrogen) atoms. The molecule has 0 atom stereocenters. The van der Waals surface area contributed by atoms with Crippen molar-refractivity contribution in [3.05, 3.63) is 47.9 Å². The number of nitrogens with two attached hydrogens (primary N) is 1. The van der Waals surface area contributed by atoms with Crippen LogP contribution < -0.4 is 5.73 Å². The molecule has 76 valence electrons. The Kier molecular flexibility index (Phi) is 2.37. The Bertz CT molecular complexity index is 477. The predicted molar refractivity (Wildman–Crippen MR) is 58.8 cm³/mol. The van der Waals surface area contributed by atoms with Crippen LogP contribution in [0.25, 0.3) is 11.3 Å². The first kappa shape index (κ1) is 9.65. The number of nitrogen functional groups attached to an aromatic ring is 1. The van der Waals surface area contributed by atoms with Crippen molar-refractivity contribution < 1.29 is 4.39 Å². The molecule has 0 amide bonds. The van der Waals surface area contributed by atoms with Gasteiger partial charge < -0.3 is 5.73 Å². The predicted octanol–water partition coefficient (Wildman–Crippen LogP) is 2.78. The van der Waals surface area contributed by atoms with Crippen LogP contribution in [0.2, 0.25) is 0 Å². The van der Waals surface area contributed by atoms with Crippen LogP contribution in [0.15, 0.2) is 36.5 Å². The van der Waals surface area contributed by atoms with Gasteiger partial charge in [-0.05, 0) is 42.8 Å². The monoisotopic (exact) mass is 202 g/mol. The van der Waals surface area contributed by atoms with Crippen LogP contribution >= 0.6 is 0 Å². The second-order valence-corrected chi connectivity index (χ2v) is 3.44. The number of hydrogen-bond acceptors (Lipinski definition) is 2. The largest absolute Gasteiger partial charge is 0.397 e. The van der Waals surface area contributed by atoms with E-state index in [1.54, 1.807) is 18.3 Å². The number of aromatic nitrogens is 1. The minimum Gasteiger partial charge on any atom is -0.397 e. The fourth-order valence-corrected chi connectivity index (χ4v) is 1.48. The molecule has 2 nitrogen and oxygen atoms in total. The van der Waals surface area contributed by atoms with Crippen molar-refractivity contribution in [3.63, 3.8) is 0 Å². The Morgan fingerprint density at radius 2 is 2.00 bits per heavy atom. The van der Waals surface area contributed by atoms with Gasteiger partial charge in [-0.25, -0.2) is 4.39 Å². The van der Waals surface area contributed by atoms with Gasteiger partial charge in [0.1, 0.15) is 5.82 Å². The van der Waals surface area contributed by atoms with Gasteiger partial charge >= 0.3 is 0 Å². The summed E-state index contributed by atoms with van der Waals surface area (Å²) in [5.41, 5.74) is 8.77. The summed E-state index contributed by atoms with van der Waals surface area (Å²) >= 11 is 0. The van der Waals surface area contributed by atoms with Gasteiger partial charge in [-0.15, -0.1) is 0 Å². The SMILES string of the molecule is Cc1cc(F)ccc1-c1ccc(N)cn1. The number of anilines is 1. The molecule has 0 aliphatic carbocycles. The molecule has 0 aliphatic heterocycles. The summed E-state index contributed by atoms with van der Waals surface area (Å²) in [5.74, 6) is -0.230. The van der Waals surface area contributed by atoms with Crippen LogP contribution in [-0.2, 0) is 0 Å². The Hall–Kier alpha value is -1.90. The second kappa shape index (κ2) is 3.69. The van der Waals surface area contributed by atoms with Crippen molar-refractivity contribution >= 4 is 5.69 Å².